The van der Waals surface area contributed by atoms with E-state index in [1.54, 1.807) is 34.7 Å². The first-order valence-corrected chi connectivity index (χ1v) is 10.8. The summed E-state index contributed by atoms with van der Waals surface area (Å²) >= 11 is 0. The number of hydrogen-bond acceptors (Lipinski definition) is 4. The second-order valence-electron chi connectivity index (χ2n) is 8.23. The van der Waals surface area contributed by atoms with Crippen molar-refractivity contribution in [2.45, 2.75) is 65.0 Å². The van der Waals surface area contributed by atoms with Crippen molar-refractivity contribution in [2.24, 2.45) is 0 Å². The maximum Gasteiger partial charge on any atom is 0.259 e. The number of hydrogen-bond donors (Lipinski definition) is 1. The molecule has 0 radical (unpaired) electrons. The van der Waals surface area contributed by atoms with Crippen LogP contribution in [0.5, 0.6) is 0 Å². The van der Waals surface area contributed by atoms with Crippen LogP contribution >= 0.6 is 0 Å². The summed E-state index contributed by atoms with van der Waals surface area (Å²) < 4.78 is 7.08. The van der Waals surface area contributed by atoms with Crippen LogP contribution in [-0.2, 0) is 0 Å². The largest absolute Gasteiger partial charge is 0.467 e. The first-order valence-electron chi connectivity index (χ1n) is 10.8. The maximum atomic E-state index is 13.2. The quantitative estimate of drug-likeness (QED) is 0.805. The monoisotopic (exact) mass is 413 g/mol. The minimum atomic E-state index is -0.525. The van der Waals surface area contributed by atoms with Crippen LogP contribution in [0.2, 0.25) is 0 Å². The Morgan fingerprint density at radius 2 is 1.63 bits per heavy atom. The van der Waals surface area contributed by atoms with Crippen LogP contribution in [0.3, 0.4) is 0 Å². The number of nitrogens with zero attached hydrogens (tertiary/aromatic N) is 2. The lowest BCUT2D eigenvalue weighted by molar-refractivity contribution is 0.0740. The van der Waals surface area contributed by atoms with Crippen molar-refractivity contribution in [2.75, 3.05) is 13.1 Å². The highest BCUT2D eigenvalue weighted by Crippen LogP contribution is 2.16. The van der Waals surface area contributed by atoms with Crippen LogP contribution in [0.25, 0.3) is 0 Å². The third-order valence-corrected chi connectivity index (χ3v) is 5.58. The fraction of sp³-hybridized carbons (Fsp3) is 0.522. The summed E-state index contributed by atoms with van der Waals surface area (Å²) in [6, 6.07) is 3.11. The fourth-order valence-electron chi connectivity index (χ4n) is 3.71. The van der Waals surface area contributed by atoms with E-state index < -0.39 is 17.4 Å². The summed E-state index contributed by atoms with van der Waals surface area (Å²) in [5.74, 6) is -0.203. The van der Waals surface area contributed by atoms with Gasteiger partial charge in [-0.05, 0) is 45.7 Å². The number of rotatable bonds is 5. The van der Waals surface area contributed by atoms with Gasteiger partial charge >= 0.3 is 0 Å². The molecule has 0 spiro atoms. The molecule has 7 heteroatoms. The smallest absolute Gasteiger partial charge is 0.259 e. The van der Waals surface area contributed by atoms with Gasteiger partial charge in [-0.15, -0.1) is 0 Å². The van der Waals surface area contributed by atoms with Crippen molar-refractivity contribution in [3.63, 3.8) is 0 Å². The molecule has 0 aromatic carbocycles. The molecule has 3 rings (SSSR count). The van der Waals surface area contributed by atoms with E-state index in [-0.39, 0.29) is 23.1 Å². The van der Waals surface area contributed by atoms with Crippen molar-refractivity contribution in [3.8, 4) is 0 Å². The van der Waals surface area contributed by atoms with Gasteiger partial charge in [0.2, 0.25) is 5.43 Å². The van der Waals surface area contributed by atoms with Crippen molar-refractivity contribution in [3.05, 3.63) is 57.9 Å². The Kier molecular flexibility index (Phi) is 7.13. The summed E-state index contributed by atoms with van der Waals surface area (Å²) in [4.78, 5) is 41.0. The molecule has 1 saturated heterocycles. The van der Waals surface area contributed by atoms with Gasteiger partial charge in [0.05, 0.1) is 12.3 Å². The molecule has 0 saturated carbocycles. The Morgan fingerprint density at radius 1 is 1.00 bits per heavy atom. The van der Waals surface area contributed by atoms with Gasteiger partial charge in [-0.25, -0.2) is 0 Å². The van der Waals surface area contributed by atoms with E-state index in [4.69, 9.17) is 4.42 Å². The van der Waals surface area contributed by atoms with Gasteiger partial charge in [0.1, 0.15) is 16.9 Å². The number of nitrogens with one attached hydrogen (secondary N) is 1. The molecule has 3 heterocycles. The van der Waals surface area contributed by atoms with Gasteiger partial charge in [-0.2, -0.15) is 0 Å². The van der Waals surface area contributed by atoms with E-state index in [1.165, 1.54) is 18.9 Å². The minimum absolute atomic E-state index is 0.00136. The molecule has 7 nitrogen and oxygen atoms in total. The van der Waals surface area contributed by atoms with E-state index in [1.807, 2.05) is 13.8 Å². The van der Waals surface area contributed by atoms with E-state index in [2.05, 4.69) is 5.32 Å². The average molecular weight is 414 g/mol. The van der Waals surface area contributed by atoms with Crippen LogP contribution < -0.4 is 10.7 Å². The third-order valence-electron chi connectivity index (χ3n) is 5.58. The Labute approximate surface area is 177 Å². The molecule has 1 fully saturated rings. The first kappa shape index (κ1) is 21.9. The highest BCUT2D eigenvalue weighted by molar-refractivity contribution is 5.99. The van der Waals surface area contributed by atoms with Crippen molar-refractivity contribution in [1.29, 1.82) is 0 Å². The topological polar surface area (TPSA) is 84.5 Å². The standard InChI is InChI=1S/C23H31N3O4/c1-16(2)26-14-18(22(28)24-17(3)20-10-9-13-30-20)21(27)19(15-26)23(29)25-11-7-5-4-6-8-12-25/h9-10,13-17H,4-8,11-12H2,1-3H3,(H,24,28)/t17-/m0/s1. The Hall–Kier alpha value is -2.83. The Balaban J connectivity index is 1.92. The number of carbonyl (C=O) groups is 2. The zero-order valence-electron chi connectivity index (χ0n) is 18.0. The predicted molar refractivity (Wildman–Crippen MR) is 115 cm³/mol. The van der Waals surface area contributed by atoms with E-state index in [0.717, 1.165) is 25.7 Å². The number of furan rings is 1. The zero-order chi connectivity index (χ0) is 21.7. The predicted octanol–water partition coefficient (Wildman–Crippen LogP) is 3.92. The first-order chi connectivity index (χ1) is 14.4. The lowest BCUT2D eigenvalue weighted by Gasteiger charge is -2.25. The molecule has 30 heavy (non-hydrogen) atoms. The molecule has 1 aliphatic heterocycles. The average Bonchev–Trinajstić information content (AvgIpc) is 3.22. The van der Waals surface area contributed by atoms with Crippen LogP contribution in [-0.4, -0.2) is 34.4 Å². The second kappa shape index (κ2) is 9.78. The number of aromatic nitrogens is 1. The van der Waals surface area contributed by atoms with Gasteiger partial charge in [0.25, 0.3) is 11.8 Å². The van der Waals surface area contributed by atoms with E-state index in [0.29, 0.717) is 18.8 Å². The van der Waals surface area contributed by atoms with Crippen molar-refractivity contribution < 1.29 is 14.0 Å². The van der Waals surface area contributed by atoms with Crippen LogP contribution in [0, 0.1) is 0 Å². The highest BCUT2D eigenvalue weighted by atomic mass is 16.3. The summed E-state index contributed by atoms with van der Waals surface area (Å²) in [7, 11) is 0. The lowest BCUT2D eigenvalue weighted by atomic mass is 10.1. The molecule has 2 aromatic heterocycles. The molecule has 2 aromatic rings. The molecule has 0 bridgehead atoms. The summed E-state index contributed by atoms with van der Waals surface area (Å²) in [5, 5.41) is 2.80. The number of amides is 2. The van der Waals surface area contributed by atoms with E-state index >= 15 is 0 Å². The highest BCUT2D eigenvalue weighted by Gasteiger charge is 2.25. The van der Waals surface area contributed by atoms with Crippen LogP contribution in [0.1, 0.15) is 91.4 Å². The second-order valence-corrected chi connectivity index (χ2v) is 8.23. The van der Waals surface area contributed by atoms with Gasteiger partial charge in [0.15, 0.2) is 0 Å². The van der Waals surface area contributed by atoms with Crippen molar-refractivity contribution in [1.82, 2.24) is 14.8 Å². The molecule has 1 N–H and O–H groups in total. The van der Waals surface area contributed by atoms with Gasteiger partial charge in [-0.1, -0.05) is 19.3 Å². The maximum absolute atomic E-state index is 13.2. The summed E-state index contributed by atoms with van der Waals surface area (Å²) in [6.45, 7) is 6.97. The molecule has 0 unspecified atom stereocenters. The molecular weight excluding hydrogens is 382 g/mol. The Morgan fingerprint density at radius 3 is 2.23 bits per heavy atom. The molecule has 1 aliphatic rings. The lowest BCUT2D eigenvalue weighted by Crippen LogP contribution is -2.39. The van der Waals surface area contributed by atoms with E-state index in [9.17, 15) is 14.4 Å². The number of likely N-dealkylation sites (tertiary alicyclic amines) is 1. The van der Waals surface area contributed by atoms with Gasteiger partial charge < -0.3 is 19.2 Å². The normalized spacial score (nSPS) is 16.1. The summed E-state index contributed by atoms with van der Waals surface area (Å²) in [5.41, 5.74) is -0.495. The zero-order valence-corrected chi connectivity index (χ0v) is 18.0. The van der Waals surface area contributed by atoms with Gasteiger partial charge in [0, 0.05) is 31.5 Å². The van der Waals surface area contributed by atoms with Crippen LogP contribution in [0.4, 0.5) is 0 Å². The van der Waals surface area contributed by atoms with Gasteiger partial charge in [-0.3, -0.25) is 14.4 Å². The molecule has 1 atom stereocenters. The fourth-order valence-corrected chi connectivity index (χ4v) is 3.71. The number of pyridine rings is 1. The van der Waals surface area contributed by atoms with Crippen LogP contribution in [0.15, 0.2) is 40.0 Å². The molecule has 162 valence electrons. The molecular formula is C23H31N3O4. The number of carbonyl (C=O) groups excluding carboxylic acids is 2. The minimum Gasteiger partial charge on any atom is -0.467 e. The third kappa shape index (κ3) is 5.01. The molecule has 2 amide bonds. The molecule has 0 aliphatic carbocycles. The SMILES string of the molecule is CC(C)n1cc(C(=O)N[C@@H](C)c2ccco2)c(=O)c(C(=O)N2CCCCCCC2)c1. The van der Waals surface area contributed by atoms with Crippen molar-refractivity contribution >= 4 is 11.8 Å². The Bertz CT molecular complexity index is 922. The summed E-state index contributed by atoms with van der Waals surface area (Å²) in [6.07, 6.45) is 9.89.